The number of aryl methyl sites for hydroxylation is 2. The number of halogens is 1. The second-order valence-corrected chi connectivity index (χ2v) is 4.24. The zero-order valence-corrected chi connectivity index (χ0v) is 9.89. The summed E-state index contributed by atoms with van der Waals surface area (Å²) in [7, 11) is 1.83. The van der Waals surface area contributed by atoms with Crippen molar-refractivity contribution in [2.45, 2.75) is 19.4 Å². The Morgan fingerprint density at radius 2 is 2.24 bits per heavy atom. The molecule has 90 valence electrons. The lowest BCUT2D eigenvalue weighted by atomic mass is 9.99. The molecule has 2 rings (SSSR count). The van der Waals surface area contributed by atoms with Crippen LogP contribution in [-0.4, -0.2) is 14.9 Å². The summed E-state index contributed by atoms with van der Waals surface area (Å²) in [5, 5.41) is 14.1. The Bertz CT molecular complexity index is 522. The maximum absolute atomic E-state index is 12.9. The van der Waals surface area contributed by atoms with Gasteiger partial charge in [0.1, 0.15) is 5.82 Å². The molecule has 0 bridgehead atoms. The number of benzene rings is 1. The number of nitrogens with zero attached hydrogens (tertiary/aromatic N) is 2. The highest BCUT2D eigenvalue weighted by molar-refractivity contribution is 5.29. The molecule has 0 amide bonds. The van der Waals surface area contributed by atoms with Crippen molar-refractivity contribution in [3.05, 3.63) is 53.1 Å². The molecule has 1 atom stereocenters. The van der Waals surface area contributed by atoms with Crippen LogP contribution in [0.4, 0.5) is 4.39 Å². The van der Waals surface area contributed by atoms with Crippen molar-refractivity contribution in [3.8, 4) is 0 Å². The molecule has 0 saturated carbocycles. The molecule has 2 aromatic rings. The Morgan fingerprint density at radius 1 is 1.47 bits per heavy atom. The normalized spacial score (nSPS) is 12.7. The van der Waals surface area contributed by atoms with Crippen LogP contribution in [0.15, 0.2) is 30.6 Å². The van der Waals surface area contributed by atoms with E-state index >= 15 is 0 Å². The van der Waals surface area contributed by atoms with Gasteiger partial charge >= 0.3 is 0 Å². The molecule has 1 aromatic heterocycles. The predicted molar refractivity (Wildman–Crippen MR) is 63.0 cm³/mol. The highest BCUT2D eigenvalue weighted by Crippen LogP contribution is 2.22. The Kier molecular flexibility index (Phi) is 3.24. The van der Waals surface area contributed by atoms with Crippen molar-refractivity contribution in [2.75, 3.05) is 0 Å². The summed E-state index contributed by atoms with van der Waals surface area (Å²) in [5.41, 5.74) is 2.49. The molecule has 1 aromatic carbocycles. The minimum Gasteiger partial charge on any atom is -0.388 e. The largest absolute Gasteiger partial charge is 0.388 e. The molecule has 0 aliphatic carbocycles. The van der Waals surface area contributed by atoms with Gasteiger partial charge in [0.05, 0.1) is 12.3 Å². The van der Waals surface area contributed by atoms with Crippen LogP contribution >= 0.6 is 0 Å². The van der Waals surface area contributed by atoms with Gasteiger partial charge in [-0.05, 0) is 35.7 Å². The van der Waals surface area contributed by atoms with Crippen LogP contribution in [0.3, 0.4) is 0 Å². The molecule has 1 unspecified atom stereocenters. The number of rotatable bonds is 3. The third-order valence-electron chi connectivity index (χ3n) is 2.78. The minimum absolute atomic E-state index is 0.278. The van der Waals surface area contributed by atoms with Gasteiger partial charge in [-0.1, -0.05) is 6.07 Å². The standard InChI is InChI=1S/C13H15FN2O/c1-9-5-11(14)3-4-12(9)13(17)6-10-7-15-16(2)8-10/h3-5,7-8,13,17H,6H2,1-2H3. The van der Waals surface area contributed by atoms with E-state index in [0.29, 0.717) is 6.42 Å². The fourth-order valence-corrected chi connectivity index (χ4v) is 1.92. The van der Waals surface area contributed by atoms with Crippen molar-refractivity contribution in [1.29, 1.82) is 0 Å². The van der Waals surface area contributed by atoms with Gasteiger partial charge in [-0.15, -0.1) is 0 Å². The van der Waals surface area contributed by atoms with Crippen molar-refractivity contribution >= 4 is 0 Å². The molecule has 0 aliphatic rings. The Morgan fingerprint density at radius 3 is 2.82 bits per heavy atom. The van der Waals surface area contributed by atoms with Gasteiger partial charge in [-0.25, -0.2) is 4.39 Å². The van der Waals surface area contributed by atoms with E-state index in [-0.39, 0.29) is 5.82 Å². The highest BCUT2D eigenvalue weighted by Gasteiger charge is 2.12. The number of aliphatic hydroxyl groups is 1. The molecule has 0 radical (unpaired) electrons. The van der Waals surface area contributed by atoms with Crippen molar-refractivity contribution in [2.24, 2.45) is 7.05 Å². The highest BCUT2D eigenvalue weighted by atomic mass is 19.1. The maximum atomic E-state index is 12.9. The zero-order chi connectivity index (χ0) is 12.4. The minimum atomic E-state index is -0.625. The summed E-state index contributed by atoms with van der Waals surface area (Å²) >= 11 is 0. The van der Waals surface area contributed by atoms with Crippen molar-refractivity contribution < 1.29 is 9.50 Å². The molecule has 1 heterocycles. The van der Waals surface area contributed by atoms with Crippen LogP contribution in [0.2, 0.25) is 0 Å². The quantitative estimate of drug-likeness (QED) is 0.883. The molecule has 4 heteroatoms. The third kappa shape index (κ3) is 2.71. The average Bonchev–Trinajstić information content (AvgIpc) is 2.63. The van der Waals surface area contributed by atoms with Gasteiger partial charge in [0.25, 0.3) is 0 Å². The Balaban J connectivity index is 2.17. The SMILES string of the molecule is Cc1cc(F)ccc1C(O)Cc1cnn(C)c1. The van der Waals surface area contributed by atoms with Crippen LogP contribution in [0, 0.1) is 12.7 Å². The first kappa shape index (κ1) is 11.8. The maximum Gasteiger partial charge on any atom is 0.123 e. The van der Waals surface area contributed by atoms with E-state index in [1.54, 1.807) is 23.9 Å². The van der Waals surface area contributed by atoms with Gasteiger partial charge in [0.15, 0.2) is 0 Å². The molecule has 1 N–H and O–H groups in total. The van der Waals surface area contributed by atoms with E-state index < -0.39 is 6.10 Å². The summed E-state index contributed by atoms with van der Waals surface area (Å²) in [4.78, 5) is 0. The van der Waals surface area contributed by atoms with E-state index in [2.05, 4.69) is 5.10 Å². The average molecular weight is 234 g/mol. The molecule has 17 heavy (non-hydrogen) atoms. The van der Waals surface area contributed by atoms with Gasteiger partial charge in [-0.3, -0.25) is 4.68 Å². The number of hydrogen-bond donors (Lipinski definition) is 1. The molecular formula is C13H15FN2O. The predicted octanol–water partition coefficient (Wildman–Crippen LogP) is 2.14. The molecule has 0 saturated heterocycles. The first-order chi connectivity index (χ1) is 8.06. The summed E-state index contributed by atoms with van der Waals surface area (Å²) in [6.45, 7) is 1.80. The summed E-state index contributed by atoms with van der Waals surface area (Å²) in [6, 6.07) is 4.43. The molecule has 0 spiro atoms. The van der Waals surface area contributed by atoms with Crippen LogP contribution in [0.1, 0.15) is 22.8 Å². The number of hydrogen-bond acceptors (Lipinski definition) is 2. The smallest absolute Gasteiger partial charge is 0.123 e. The lowest BCUT2D eigenvalue weighted by Crippen LogP contribution is -2.03. The van der Waals surface area contributed by atoms with Gasteiger partial charge < -0.3 is 5.11 Å². The number of aliphatic hydroxyl groups excluding tert-OH is 1. The molecule has 0 aliphatic heterocycles. The lowest BCUT2D eigenvalue weighted by Gasteiger charge is -2.12. The van der Waals surface area contributed by atoms with E-state index in [4.69, 9.17) is 0 Å². The lowest BCUT2D eigenvalue weighted by molar-refractivity contribution is 0.177. The zero-order valence-electron chi connectivity index (χ0n) is 9.89. The van der Waals surface area contributed by atoms with E-state index in [1.165, 1.54) is 12.1 Å². The Hall–Kier alpha value is -1.68. The first-order valence-electron chi connectivity index (χ1n) is 5.48. The van der Waals surface area contributed by atoms with Crippen LogP contribution in [-0.2, 0) is 13.5 Å². The topological polar surface area (TPSA) is 38.1 Å². The molecule has 0 fully saturated rings. The van der Waals surface area contributed by atoms with Crippen LogP contribution in [0.25, 0.3) is 0 Å². The summed E-state index contributed by atoms with van der Waals surface area (Å²) < 4.78 is 14.6. The molecular weight excluding hydrogens is 219 g/mol. The van der Waals surface area contributed by atoms with Gasteiger partial charge in [0.2, 0.25) is 0 Å². The van der Waals surface area contributed by atoms with E-state index in [1.807, 2.05) is 13.2 Å². The van der Waals surface area contributed by atoms with Crippen LogP contribution < -0.4 is 0 Å². The fraction of sp³-hybridized carbons (Fsp3) is 0.308. The number of aromatic nitrogens is 2. The second-order valence-electron chi connectivity index (χ2n) is 4.24. The van der Waals surface area contributed by atoms with Crippen LogP contribution in [0.5, 0.6) is 0 Å². The monoisotopic (exact) mass is 234 g/mol. The van der Waals surface area contributed by atoms with E-state index in [9.17, 15) is 9.50 Å². The third-order valence-corrected chi connectivity index (χ3v) is 2.78. The summed E-state index contributed by atoms with van der Waals surface area (Å²) in [6.07, 6.45) is 3.45. The van der Waals surface area contributed by atoms with Crippen molar-refractivity contribution in [1.82, 2.24) is 9.78 Å². The van der Waals surface area contributed by atoms with Gasteiger partial charge in [0, 0.05) is 19.7 Å². The first-order valence-corrected chi connectivity index (χ1v) is 5.48. The second kappa shape index (κ2) is 4.67. The molecule has 3 nitrogen and oxygen atoms in total. The Labute approximate surface area is 99.5 Å². The fourth-order valence-electron chi connectivity index (χ4n) is 1.92. The summed E-state index contributed by atoms with van der Waals surface area (Å²) in [5.74, 6) is -0.278. The van der Waals surface area contributed by atoms with Gasteiger partial charge in [-0.2, -0.15) is 5.10 Å². The van der Waals surface area contributed by atoms with E-state index in [0.717, 1.165) is 16.7 Å². The van der Waals surface area contributed by atoms with Crippen molar-refractivity contribution in [3.63, 3.8) is 0 Å².